The van der Waals surface area contributed by atoms with Crippen LogP contribution in [0.25, 0.3) is 0 Å². The quantitative estimate of drug-likeness (QED) is 0.494. The van der Waals surface area contributed by atoms with Crippen molar-refractivity contribution in [3.63, 3.8) is 0 Å². The van der Waals surface area contributed by atoms with E-state index in [2.05, 4.69) is 27.4 Å². The van der Waals surface area contributed by atoms with Gasteiger partial charge in [0.1, 0.15) is 11.6 Å². The summed E-state index contributed by atoms with van der Waals surface area (Å²) in [5, 5.41) is 20.2. The van der Waals surface area contributed by atoms with Crippen LogP contribution in [0.15, 0.2) is 12.7 Å². The van der Waals surface area contributed by atoms with Gasteiger partial charge in [-0.3, -0.25) is 14.4 Å². The van der Waals surface area contributed by atoms with Gasteiger partial charge in [-0.25, -0.2) is 0 Å². The molecule has 3 heterocycles. The maximum Gasteiger partial charge on any atom is 0.310 e. The van der Waals surface area contributed by atoms with Crippen LogP contribution in [0, 0.1) is 23.2 Å². The van der Waals surface area contributed by atoms with Gasteiger partial charge in [-0.1, -0.05) is 40.7 Å². The fourth-order valence-electron chi connectivity index (χ4n) is 6.93. The number of rotatable bonds is 9. The lowest BCUT2D eigenvalue weighted by Gasteiger charge is -2.46. The Bertz CT molecular complexity index is 847. The molecule has 0 aliphatic carbocycles. The van der Waals surface area contributed by atoms with Gasteiger partial charge in [-0.05, 0) is 44.4 Å². The fourth-order valence-corrected chi connectivity index (χ4v) is 6.93. The number of nitrogens with zero attached hydrogens (tertiary/aromatic N) is 2. The highest BCUT2D eigenvalue weighted by Gasteiger charge is 2.75. The van der Waals surface area contributed by atoms with Crippen molar-refractivity contribution in [2.45, 2.75) is 97.1 Å². The minimum absolute atomic E-state index is 0.0580. The number of carbonyl (C=O) groups excluding carboxylic acids is 2. The number of aliphatic hydroxyl groups excluding tert-OH is 1. The summed E-state index contributed by atoms with van der Waals surface area (Å²) in [6.45, 7) is 18.0. The van der Waals surface area contributed by atoms with E-state index in [9.17, 15) is 24.6 Å². The summed E-state index contributed by atoms with van der Waals surface area (Å²) in [6.07, 6.45) is 2.76. The van der Waals surface area contributed by atoms with Crippen LogP contribution < -0.4 is 0 Å². The van der Waals surface area contributed by atoms with Crippen molar-refractivity contribution >= 4 is 17.8 Å². The van der Waals surface area contributed by atoms with Crippen LogP contribution >= 0.6 is 0 Å². The van der Waals surface area contributed by atoms with E-state index in [4.69, 9.17) is 4.74 Å². The molecule has 192 valence electrons. The normalized spacial score (nSPS) is 31.7. The van der Waals surface area contributed by atoms with Crippen molar-refractivity contribution in [3.8, 4) is 0 Å². The van der Waals surface area contributed by atoms with E-state index in [-0.39, 0.29) is 23.8 Å². The van der Waals surface area contributed by atoms with Gasteiger partial charge >= 0.3 is 5.97 Å². The molecule has 0 aromatic rings. The number of carboxylic acids is 1. The van der Waals surface area contributed by atoms with Gasteiger partial charge < -0.3 is 24.7 Å². The predicted molar refractivity (Wildman–Crippen MR) is 128 cm³/mol. The van der Waals surface area contributed by atoms with Crippen LogP contribution in [0.5, 0.6) is 0 Å². The summed E-state index contributed by atoms with van der Waals surface area (Å²) < 4.78 is 6.31. The average Bonchev–Trinajstić information content (AvgIpc) is 3.32. The number of ether oxygens (including phenoxy) is 1. The van der Waals surface area contributed by atoms with E-state index in [1.54, 1.807) is 11.0 Å². The third-order valence-corrected chi connectivity index (χ3v) is 7.84. The SMILES string of the molecule is C=CCN(C(=O)[C@H]1N([C@@H](CO)C(C)C)C(=O)[C@@H]2[C@@H](C(=O)O)[C@H]3CC[C@]21O3)C(C)(C)CC(C)(C)C. The number of hydrogen-bond donors (Lipinski definition) is 2. The fraction of sp³-hybridized carbons (Fsp3) is 0.808. The molecule has 0 saturated carbocycles. The number of amides is 2. The van der Waals surface area contributed by atoms with Crippen molar-refractivity contribution in [2.24, 2.45) is 23.2 Å². The van der Waals surface area contributed by atoms with E-state index in [0.29, 0.717) is 25.8 Å². The third kappa shape index (κ3) is 4.17. The summed E-state index contributed by atoms with van der Waals surface area (Å²) in [7, 11) is 0. The zero-order chi connectivity index (χ0) is 25.8. The monoisotopic (exact) mass is 478 g/mol. The molecule has 3 fully saturated rings. The highest BCUT2D eigenvalue weighted by Crippen LogP contribution is 2.59. The zero-order valence-electron chi connectivity index (χ0n) is 21.7. The first-order valence-electron chi connectivity index (χ1n) is 12.4. The molecule has 3 rings (SSSR count). The number of aliphatic hydroxyl groups is 1. The zero-order valence-corrected chi connectivity index (χ0v) is 21.7. The van der Waals surface area contributed by atoms with Gasteiger partial charge in [0, 0.05) is 12.1 Å². The van der Waals surface area contributed by atoms with E-state index in [0.717, 1.165) is 0 Å². The molecule has 3 saturated heterocycles. The van der Waals surface area contributed by atoms with Crippen LogP contribution in [0.3, 0.4) is 0 Å². The molecule has 3 aliphatic rings. The number of carbonyl (C=O) groups is 3. The van der Waals surface area contributed by atoms with Gasteiger partial charge in [0.2, 0.25) is 11.8 Å². The molecule has 0 radical (unpaired) electrons. The van der Waals surface area contributed by atoms with Crippen LogP contribution in [0.2, 0.25) is 0 Å². The molecule has 0 unspecified atom stereocenters. The molecule has 8 nitrogen and oxygen atoms in total. The Kier molecular flexibility index (Phi) is 7.01. The minimum Gasteiger partial charge on any atom is -0.481 e. The maximum absolute atomic E-state index is 14.4. The Labute approximate surface area is 203 Å². The predicted octanol–water partition coefficient (Wildman–Crippen LogP) is 2.69. The van der Waals surface area contributed by atoms with Gasteiger partial charge in [-0.2, -0.15) is 0 Å². The van der Waals surface area contributed by atoms with Crippen molar-refractivity contribution in [2.75, 3.05) is 13.2 Å². The van der Waals surface area contributed by atoms with Crippen molar-refractivity contribution < 1.29 is 29.3 Å². The molecule has 8 heteroatoms. The largest absolute Gasteiger partial charge is 0.481 e. The number of carboxylic acid groups (broad SMARTS) is 1. The number of hydrogen-bond acceptors (Lipinski definition) is 5. The topological polar surface area (TPSA) is 107 Å². The number of likely N-dealkylation sites (tertiary alicyclic amines) is 1. The second-order valence-corrected chi connectivity index (χ2v) is 12.4. The molecule has 2 amide bonds. The summed E-state index contributed by atoms with van der Waals surface area (Å²) in [4.78, 5) is 43.7. The first-order valence-corrected chi connectivity index (χ1v) is 12.4. The lowest BCUT2D eigenvalue weighted by molar-refractivity contribution is -0.157. The van der Waals surface area contributed by atoms with Crippen LogP contribution in [0.1, 0.15) is 67.7 Å². The minimum atomic E-state index is -1.19. The number of fused-ring (bicyclic) bond motifs is 1. The standard InChI is InChI=1S/C26H42N2O6/c1-9-12-27(25(7,8)14-24(4,5)6)22(31)20-26-11-10-17(34-26)18(23(32)33)19(26)21(30)28(20)16(13-29)15(2)3/h9,15-20,29H,1,10-14H2,2-8H3,(H,32,33)/t16-,17+,18-,19-,20+,26-/m0/s1. The average molecular weight is 479 g/mol. The molecule has 0 aromatic carbocycles. The molecule has 3 aliphatic heterocycles. The molecule has 6 atom stereocenters. The Hall–Kier alpha value is -1.93. The van der Waals surface area contributed by atoms with Crippen molar-refractivity contribution in [3.05, 3.63) is 12.7 Å². The molecule has 2 bridgehead atoms. The van der Waals surface area contributed by atoms with Crippen LogP contribution in [-0.2, 0) is 19.1 Å². The lowest BCUT2D eigenvalue weighted by atomic mass is 9.70. The second-order valence-electron chi connectivity index (χ2n) is 12.4. The molecule has 1 spiro atoms. The van der Waals surface area contributed by atoms with E-state index >= 15 is 0 Å². The van der Waals surface area contributed by atoms with Crippen LogP contribution in [0.4, 0.5) is 0 Å². The van der Waals surface area contributed by atoms with Crippen LogP contribution in [-0.4, -0.2) is 80.3 Å². The Morgan fingerprint density at radius 1 is 1.29 bits per heavy atom. The first-order chi connectivity index (χ1) is 15.6. The Morgan fingerprint density at radius 2 is 1.91 bits per heavy atom. The highest BCUT2D eigenvalue weighted by atomic mass is 16.5. The Balaban J connectivity index is 2.14. The summed E-state index contributed by atoms with van der Waals surface area (Å²) in [6, 6.07) is -1.60. The molecular weight excluding hydrogens is 436 g/mol. The maximum atomic E-state index is 14.4. The lowest BCUT2D eigenvalue weighted by Crippen LogP contribution is -2.63. The molecule has 2 N–H and O–H groups in total. The van der Waals surface area contributed by atoms with Gasteiger partial charge in [0.25, 0.3) is 0 Å². The third-order valence-electron chi connectivity index (χ3n) is 7.84. The number of aliphatic carboxylic acids is 1. The van der Waals surface area contributed by atoms with Gasteiger partial charge in [-0.15, -0.1) is 6.58 Å². The van der Waals surface area contributed by atoms with E-state index < -0.39 is 53.0 Å². The van der Waals surface area contributed by atoms with Gasteiger partial charge in [0.15, 0.2) is 0 Å². The van der Waals surface area contributed by atoms with Gasteiger partial charge in [0.05, 0.1) is 30.6 Å². The van der Waals surface area contributed by atoms with E-state index in [1.165, 1.54) is 4.90 Å². The molecular formula is C26H42N2O6. The second kappa shape index (κ2) is 8.94. The smallest absolute Gasteiger partial charge is 0.310 e. The highest BCUT2D eigenvalue weighted by molar-refractivity contribution is 5.98. The van der Waals surface area contributed by atoms with E-state index in [1.807, 2.05) is 27.7 Å². The summed E-state index contributed by atoms with van der Waals surface area (Å²) in [5.74, 6) is -3.77. The molecule has 34 heavy (non-hydrogen) atoms. The first kappa shape index (κ1) is 26.7. The Morgan fingerprint density at radius 3 is 2.38 bits per heavy atom. The summed E-state index contributed by atoms with van der Waals surface area (Å²) in [5.41, 5.74) is -1.80. The molecule has 0 aromatic heterocycles. The van der Waals surface area contributed by atoms with Crippen molar-refractivity contribution in [1.82, 2.24) is 9.80 Å². The van der Waals surface area contributed by atoms with Crippen molar-refractivity contribution in [1.29, 1.82) is 0 Å². The summed E-state index contributed by atoms with van der Waals surface area (Å²) >= 11 is 0.